The lowest BCUT2D eigenvalue weighted by Gasteiger charge is -2.19. The quantitative estimate of drug-likeness (QED) is 0.530. The Labute approximate surface area is 123 Å². The second-order valence-electron chi connectivity index (χ2n) is 9.18. The Bertz CT molecular complexity index is 442. The Hall–Kier alpha value is -0.260. The third kappa shape index (κ3) is 1.22. The molecule has 6 aliphatic rings. The molecule has 6 aliphatic carbocycles. The van der Waals surface area contributed by atoms with E-state index in [1.807, 2.05) is 0 Å². The SMILES string of the molecule is C1C[C@@H]2C/C(=C3\C[C@@H]4CC[C@@H]5CC[C@@H]3[C@H]54)[C@@H]3CC[C@@H]1[C@H]23. The topological polar surface area (TPSA) is 0 Å². The minimum Gasteiger partial charge on any atom is -0.0670 e. The van der Waals surface area contributed by atoms with E-state index < -0.39 is 0 Å². The van der Waals surface area contributed by atoms with Gasteiger partial charge in [-0.05, 0) is 112 Å². The molecule has 0 heteroatoms. The molecule has 0 bridgehead atoms. The first-order chi connectivity index (χ1) is 9.90. The minimum atomic E-state index is 1.08. The zero-order valence-electron chi connectivity index (χ0n) is 12.7. The third-order valence-corrected chi connectivity index (χ3v) is 8.89. The fourth-order valence-electron chi connectivity index (χ4n) is 8.45. The van der Waals surface area contributed by atoms with Crippen molar-refractivity contribution in [1.82, 2.24) is 0 Å². The molecule has 6 rings (SSSR count). The van der Waals surface area contributed by atoms with Crippen LogP contribution in [0.2, 0.25) is 0 Å². The fourth-order valence-corrected chi connectivity index (χ4v) is 8.45. The van der Waals surface area contributed by atoms with Gasteiger partial charge in [-0.3, -0.25) is 0 Å². The summed E-state index contributed by atoms with van der Waals surface area (Å²) in [6.45, 7) is 0. The smallest absolute Gasteiger partial charge is 0.0166 e. The van der Waals surface area contributed by atoms with Crippen LogP contribution in [0.25, 0.3) is 0 Å². The Morgan fingerprint density at radius 1 is 0.450 bits per heavy atom. The van der Waals surface area contributed by atoms with Gasteiger partial charge >= 0.3 is 0 Å². The Morgan fingerprint density at radius 3 is 1.35 bits per heavy atom. The van der Waals surface area contributed by atoms with Gasteiger partial charge in [0, 0.05) is 0 Å². The van der Waals surface area contributed by atoms with Gasteiger partial charge in [-0.2, -0.15) is 0 Å². The van der Waals surface area contributed by atoms with Crippen molar-refractivity contribution in [3.63, 3.8) is 0 Å². The van der Waals surface area contributed by atoms with E-state index in [1.54, 1.807) is 64.2 Å². The summed E-state index contributed by atoms with van der Waals surface area (Å²) in [4.78, 5) is 0. The third-order valence-electron chi connectivity index (χ3n) is 8.89. The standard InChI is InChI=1S/C20H28/c1-3-13-9-17(15-7-5-11(1)19(13)15)18-10-14-4-2-12-6-8-16(18)20(12)14/h11-16,19-20H,1-10H2/b18-17-/t11-,12-,13-,14+,15+,16+,19-,20-/m1/s1. The summed E-state index contributed by atoms with van der Waals surface area (Å²) in [7, 11) is 0. The van der Waals surface area contributed by atoms with Gasteiger partial charge in [-0.15, -0.1) is 0 Å². The van der Waals surface area contributed by atoms with E-state index in [1.165, 1.54) is 0 Å². The Kier molecular flexibility index (Phi) is 2.11. The van der Waals surface area contributed by atoms with Gasteiger partial charge in [-0.25, -0.2) is 0 Å². The number of hydrogen-bond donors (Lipinski definition) is 0. The molecule has 0 aromatic rings. The molecule has 0 aromatic carbocycles. The first kappa shape index (κ1) is 11.3. The van der Waals surface area contributed by atoms with Crippen LogP contribution >= 0.6 is 0 Å². The van der Waals surface area contributed by atoms with E-state index in [2.05, 4.69) is 11.1 Å². The molecule has 0 spiro atoms. The second kappa shape index (κ2) is 3.73. The fraction of sp³-hybridized carbons (Fsp3) is 0.900. The molecule has 0 aliphatic heterocycles. The molecule has 6 fully saturated rings. The zero-order valence-corrected chi connectivity index (χ0v) is 12.7. The van der Waals surface area contributed by atoms with Crippen molar-refractivity contribution in [3.05, 3.63) is 11.1 Å². The number of allylic oxidation sites excluding steroid dienone is 2. The molecule has 0 heterocycles. The summed E-state index contributed by atoms with van der Waals surface area (Å²) in [5.41, 5.74) is 4.14. The average Bonchev–Trinajstić information content (AvgIpc) is 3.18. The Morgan fingerprint density at radius 2 is 0.850 bits per heavy atom. The maximum Gasteiger partial charge on any atom is -0.0166 e. The highest BCUT2D eigenvalue weighted by Gasteiger charge is 2.56. The molecule has 6 saturated carbocycles. The number of rotatable bonds is 0. The molecule has 8 atom stereocenters. The van der Waals surface area contributed by atoms with Gasteiger partial charge in [0.15, 0.2) is 0 Å². The van der Waals surface area contributed by atoms with Crippen LogP contribution in [0, 0.1) is 47.3 Å². The number of hydrogen-bond acceptors (Lipinski definition) is 0. The van der Waals surface area contributed by atoms with E-state index in [4.69, 9.17) is 0 Å². The molecule has 0 aromatic heterocycles. The van der Waals surface area contributed by atoms with Crippen LogP contribution in [0.1, 0.15) is 64.2 Å². The van der Waals surface area contributed by atoms with Crippen molar-refractivity contribution >= 4 is 0 Å². The highest BCUT2D eigenvalue weighted by molar-refractivity contribution is 5.33. The Balaban J connectivity index is 1.42. The van der Waals surface area contributed by atoms with Crippen LogP contribution in [0.5, 0.6) is 0 Å². The summed E-state index contributed by atoms with van der Waals surface area (Å²) < 4.78 is 0. The molecule has 20 heavy (non-hydrogen) atoms. The van der Waals surface area contributed by atoms with Crippen molar-refractivity contribution in [2.75, 3.05) is 0 Å². The molecule has 0 saturated heterocycles. The largest absolute Gasteiger partial charge is 0.0670 e. The lowest BCUT2D eigenvalue weighted by molar-refractivity contribution is 0.359. The summed E-state index contributed by atoms with van der Waals surface area (Å²) in [6, 6.07) is 0. The second-order valence-corrected chi connectivity index (χ2v) is 9.18. The molecule has 0 unspecified atom stereocenters. The average molecular weight is 268 g/mol. The van der Waals surface area contributed by atoms with Gasteiger partial charge in [0.05, 0.1) is 0 Å². The van der Waals surface area contributed by atoms with E-state index >= 15 is 0 Å². The normalized spacial score (nSPS) is 62.4. The first-order valence-corrected chi connectivity index (χ1v) is 9.62. The molecule has 0 amide bonds. The summed E-state index contributed by atoms with van der Waals surface area (Å²) >= 11 is 0. The minimum absolute atomic E-state index is 1.08. The van der Waals surface area contributed by atoms with Gasteiger partial charge in [-0.1, -0.05) is 11.1 Å². The van der Waals surface area contributed by atoms with Crippen LogP contribution in [-0.2, 0) is 0 Å². The molecule has 0 nitrogen and oxygen atoms in total. The highest BCUT2D eigenvalue weighted by atomic mass is 14.6. The van der Waals surface area contributed by atoms with Gasteiger partial charge in [0.25, 0.3) is 0 Å². The molecule has 108 valence electrons. The maximum atomic E-state index is 2.07. The predicted octanol–water partition coefficient (Wildman–Crippen LogP) is 5.20. The van der Waals surface area contributed by atoms with Crippen molar-refractivity contribution in [2.24, 2.45) is 47.3 Å². The van der Waals surface area contributed by atoms with E-state index in [0.29, 0.717) is 0 Å². The van der Waals surface area contributed by atoms with E-state index in [-0.39, 0.29) is 0 Å². The molecule has 0 N–H and O–H groups in total. The van der Waals surface area contributed by atoms with Crippen molar-refractivity contribution in [3.8, 4) is 0 Å². The summed E-state index contributed by atoms with van der Waals surface area (Å²) in [6.07, 6.45) is 15.8. The van der Waals surface area contributed by atoms with Crippen LogP contribution in [-0.4, -0.2) is 0 Å². The molecule has 0 radical (unpaired) electrons. The van der Waals surface area contributed by atoms with Crippen molar-refractivity contribution < 1.29 is 0 Å². The highest BCUT2D eigenvalue weighted by Crippen LogP contribution is 2.66. The molecular weight excluding hydrogens is 240 g/mol. The van der Waals surface area contributed by atoms with Crippen molar-refractivity contribution in [1.29, 1.82) is 0 Å². The van der Waals surface area contributed by atoms with Crippen molar-refractivity contribution in [2.45, 2.75) is 64.2 Å². The summed E-state index contributed by atoms with van der Waals surface area (Å²) in [5.74, 6) is 9.06. The lowest BCUT2D eigenvalue weighted by Crippen LogP contribution is -2.11. The lowest BCUT2D eigenvalue weighted by atomic mass is 9.86. The van der Waals surface area contributed by atoms with Crippen LogP contribution < -0.4 is 0 Å². The zero-order chi connectivity index (χ0) is 12.8. The van der Waals surface area contributed by atoms with E-state index in [0.717, 1.165) is 47.3 Å². The van der Waals surface area contributed by atoms with Gasteiger partial charge in [0.2, 0.25) is 0 Å². The van der Waals surface area contributed by atoms with Crippen LogP contribution in [0.3, 0.4) is 0 Å². The van der Waals surface area contributed by atoms with Gasteiger partial charge in [0.1, 0.15) is 0 Å². The monoisotopic (exact) mass is 268 g/mol. The van der Waals surface area contributed by atoms with Crippen LogP contribution in [0.15, 0.2) is 11.1 Å². The summed E-state index contributed by atoms with van der Waals surface area (Å²) in [5, 5.41) is 0. The maximum absolute atomic E-state index is 2.07. The predicted molar refractivity (Wildman–Crippen MR) is 81.1 cm³/mol. The molecular formula is C20H28. The first-order valence-electron chi connectivity index (χ1n) is 9.62. The van der Waals surface area contributed by atoms with E-state index in [9.17, 15) is 0 Å². The van der Waals surface area contributed by atoms with Gasteiger partial charge < -0.3 is 0 Å². The van der Waals surface area contributed by atoms with Crippen LogP contribution in [0.4, 0.5) is 0 Å².